The maximum atomic E-state index is 10.9. The summed E-state index contributed by atoms with van der Waals surface area (Å²) in [5.41, 5.74) is 5.31. The van der Waals surface area contributed by atoms with Crippen molar-refractivity contribution in [2.45, 2.75) is 6.73 Å². The van der Waals surface area contributed by atoms with Gasteiger partial charge < -0.3 is 15.2 Å². The Bertz CT molecular complexity index is 534. The molecule has 0 bridgehead atoms. The van der Waals surface area contributed by atoms with Crippen LogP contribution < -0.4 is 15.2 Å². The number of carbonyl (C=O) groups is 1. The molecule has 0 aliphatic carbocycles. The molecule has 1 aromatic carbocycles. The first kappa shape index (κ1) is 12.0. The molecule has 0 fully saturated rings. The zero-order chi connectivity index (χ0) is 13.0. The van der Waals surface area contributed by atoms with Crippen LogP contribution >= 0.6 is 0 Å². The highest BCUT2D eigenvalue weighted by atomic mass is 16.5. The summed E-state index contributed by atoms with van der Waals surface area (Å²) in [5, 5.41) is 3.95. The number of nitrogens with two attached hydrogens (primary N) is 1. The number of ether oxygens (including phenoxy) is 2. The van der Waals surface area contributed by atoms with Crippen LogP contribution in [0, 0.1) is 0 Å². The predicted molar refractivity (Wildman–Crippen MR) is 64.4 cm³/mol. The Balaban J connectivity index is 1.95. The molecule has 0 atom stereocenters. The van der Waals surface area contributed by atoms with E-state index in [9.17, 15) is 4.79 Å². The Kier molecular flexibility index (Phi) is 3.47. The van der Waals surface area contributed by atoms with Gasteiger partial charge >= 0.3 is 0 Å². The van der Waals surface area contributed by atoms with Crippen molar-refractivity contribution in [1.29, 1.82) is 0 Å². The average molecular weight is 247 g/mol. The van der Waals surface area contributed by atoms with Crippen LogP contribution in [0.3, 0.4) is 0 Å². The highest BCUT2D eigenvalue weighted by Crippen LogP contribution is 2.17. The third-order valence-electron chi connectivity index (χ3n) is 2.32. The number of amides is 1. The molecule has 0 aliphatic heterocycles. The monoisotopic (exact) mass is 247 g/mol. The van der Waals surface area contributed by atoms with Crippen LogP contribution in [0.1, 0.15) is 10.5 Å². The smallest absolute Gasteiger partial charge is 0.269 e. The standard InChI is InChI=1S/C12H13N3O3/c1-17-9-2-4-10(5-3-9)18-8-15-7-6-11(14-15)12(13)16/h2-7H,8H2,1H3,(H2,13,16). The number of rotatable bonds is 5. The zero-order valence-electron chi connectivity index (χ0n) is 9.87. The summed E-state index contributed by atoms with van der Waals surface area (Å²) >= 11 is 0. The lowest BCUT2D eigenvalue weighted by molar-refractivity contribution is 0.0993. The van der Waals surface area contributed by atoms with E-state index in [1.54, 1.807) is 43.6 Å². The van der Waals surface area contributed by atoms with Gasteiger partial charge in [0.05, 0.1) is 7.11 Å². The Morgan fingerprint density at radius 3 is 2.50 bits per heavy atom. The van der Waals surface area contributed by atoms with E-state index in [0.717, 1.165) is 5.75 Å². The molecule has 2 rings (SSSR count). The quantitative estimate of drug-likeness (QED) is 0.855. The fourth-order valence-electron chi connectivity index (χ4n) is 1.38. The molecule has 18 heavy (non-hydrogen) atoms. The molecule has 94 valence electrons. The minimum Gasteiger partial charge on any atom is -0.497 e. The molecule has 0 saturated heterocycles. The number of methoxy groups -OCH3 is 1. The lowest BCUT2D eigenvalue weighted by Gasteiger charge is -2.06. The minimum absolute atomic E-state index is 0.208. The average Bonchev–Trinajstić information content (AvgIpc) is 2.86. The molecule has 1 aromatic heterocycles. The van der Waals surface area contributed by atoms with Gasteiger partial charge in [-0.15, -0.1) is 0 Å². The van der Waals surface area contributed by atoms with Crippen LogP contribution in [0.2, 0.25) is 0 Å². The molecule has 1 heterocycles. The summed E-state index contributed by atoms with van der Waals surface area (Å²) in [5.74, 6) is 0.891. The molecule has 0 radical (unpaired) electrons. The molecule has 0 spiro atoms. The number of nitrogens with zero attached hydrogens (tertiary/aromatic N) is 2. The SMILES string of the molecule is COc1ccc(OCn2ccc(C(N)=O)n2)cc1. The van der Waals surface area contributed by atoms with Crippen molar-refractivity contribution >= 4 is 5.91 Å². The highest BCUT2D eigenvalue weighted by molar-refractivity contribution is 5.90. The summed E-state index contributed by atoms with van der Waals surface area (Å²) in [4.78, 5) is 10.9. The third-order valence-corrected chi connectivity index (χ3v) is 2.32. The number of benzene rings is 1. The van der Waals surface area contributed by atoms with E-state index in [4.69, 9.17) is 15.2 Å². The first-order valence-electron chi connectivity index (χ1n) is 5.29. The van der Waals surface area contributed by atoms with E-state index < -0.39 is 5.91 Å². The zero-order valence-corrected chi connectivity index (χ0v) is 9.87. The van der Waals surface area contributed by atoms with Gasteiger partial charge in [0.25, 0.3) is 5.91 Å². The molecule has 0 aliphatic rings. The molecule has 1 amide bonds. The Morgan fingerprint density at radius 1 is 1.28 bits per heavy atom. The molecule has 2 aromatic rings. The fourth-order valence-corrected chi connectivity index (χ4v) is 1.38. The predicted octanol–water partition coefficient (Wildman–Crippen LogP) is 1.03. The van der Waals surface area contributed by atoms with Crippen LogP contribution in [0.5, 0.6) is 11.5 Å². The van der Waals surface area contributed by atoms with Gasteiger partial charge in [-0.1, -0.05) is 0 Å². The molecule has 6 heteroatoms. The molecule has 0 saturated carbocycles. The van der Waals surface area contributed by atoms with Crippen molar-refractivity contribution in [3.63, 3.8) is 0 Å². The molecule has 6 nitrogen and oxygen atoms in total. The number of aromatic nitrogens is 2. The normalized spacial score (nSPS) is 10.1. The van der Waals surface area contributed by atoms with Crippen molar-refractivity contribution < 1.29 is 14.3 Å². The largest absolute Gasteiger partial charge is 0.497 e. The summed E-state index contributed by atoms with van der Waals surface area (Å²) in [6.45, 7) is 0.208. The second-order valence-corrected chi connectivity index (χ2v) is 3.55. The summed E-state index contributed by atoms with van der Waals surface area (Å²) in [6, 6.07) is 8.72. The second-order valence-electron chi connectivity index (χ2n) is 3.55. The van der Waals surface area contributed by atoms with E-state index in [1.807, 2.05) is 0 Å². The van der Waals surface area contributed by atoms with Gasteiger partial charge in [-0.3, -0.25) is 4.79 Å². The lowest BCUT2D eigenvalue weighted by atomic mass is 10.3. The first-order valence-corrected chi connectivity index (χ1v) is 5.29. The van der Waals surface area contributed by atoms with Crippen molar-refractivity contribution in [2.75, 3.05) is 7.11 Å². The van der Waals surface area contributed by atoms with Crippen molar-refractivity contribution in [1.82, 2.24) is 9.78 Å². The van der Waals surface area contributed by atoms with E-state index in [1.165, 1.54) is 4.68 Å². The van der Waals surface area contributed by atoms with Gasteiger partial charge in [-0.05, 0) is 30.3 Å². The van der Waals surface area contributed by atoms with Crippen molar-refractivity contribution in [2.24, 2.45) is 5.73 Å². The van der Waals surface area contributed by atoms with Gasteiger partial charge in [0.2, 0.25) is 0 Å². The van der Waals surface area contributed by atoms with Crippen LogP contribution in [-0.2, 0) is 6.73 Å². The summed E-state index contributed by atoms with van der Waals surface area (Å²) < 4.78 is 12.0. The molecule has 0 unspecified atom stereocenters. The number of primary amides is 1. The van der Waals surface area contributed by atoms with Crippen LogP contribution in [0.4, 0.5) is 0 Å². The van der Waals surface area contributed by atoms with E-state index in [2.05, 4.69) is 5.10 Å². The first-order chi connectivity index (χ1) is 8.69. The lowest BCUT2D eigenvalue weighted by Crippen LogP contribution is -2.13. The van der Waals surface area contributed by atoms with Gasteiger partial charge in [-0.25, -0.2) is 4.68 Å². The minimum atomic E-state index is -0.557. The highest BCUT2D eigenvalue weighted by Gasteiger charge is 2.04. The van der Waals surface area contributed by atoms with E-state index >= 15 is 0 Å². The third kappa shape index (κ3) is 2.79. The topological polar surface area (TPSA) is 79.4 Å². The van der Waals surface area contributed by atoms with Crippen molar-refractivity contribution in [3.05, 3.63) is 42.2 Å². The number of carbonyl (C=O) groups excluding carboxylic acids is 1. The van der Waals surface area contributed by atoms with Gasteiger partial charge in [0.15, 0.2) is 6.73 Å². The van der Waals surface area contributed by atoms with Crippen LogP contribution in [0.25, 0.3) is 0 Å². The molecule has 2 N–H and O–H groups in total. The molecular weight excluding hydrogens is 234 g/mol. The van der Waals surface area contributed by atoms with E-state index in [0.29, 0.717) is 5.75 Å². The maximum absolute atomic E-state index is 10.9. The second kappa shape index (κ2) is 5.22. The molecular formula is C12H13N3O3. The Morgan fingerprint density at radius 2 is 1.94 bits per heavy atom. The van der Waals surface area contributed by atoms with Gasteiger partial charge in [0, 0.05) is 6.20 Å². The van der Waals surface area contributed by atoms with Crippen LogP contribution in [-0.4, -0.2) is 22.8 Å². The summed E-state index contributed by atoms with van der Waals surface area (Å²) in [6.07, 6.45) is 1.63. The van der Waals surface area contributed by atoms with Gasteiger partial charge in [0.1, 0.15) is 17.2 Å². The number of hydrogen-bond donors (Lipinski definition) is 1. The maximum Gasteiger partial charge on any atom is 0.269 e. The van der Waals surface area contributed by atoms with E-state index in [-0.39, 0.29) is 12.4 Å². The van der Waals surface area contributed by atoms with Crippen molar-refractivity contribution in [3.8, 4) is 11.5 Å². The number of hydrogen-bond acceptors (Lipinski definition) is 4. The summed E-state index contributed by atoms with van der Waals surface area (Å²) in [7, 11) is 1.60. The van der Waals surface area contributed by atoms with Gasteiger partial charge in [-0.2, -0.15) is 5.10 Å². The Hall–Kier alpha value is -2.50. The Labute approximate surface area is 104 Å². The fraction of sp³-hybridized carbons (Fsp3) is 0.167. The van der Waals surface area contributed by atoms with Crippen LogP contribution in [0.15, 0.2) is 36.5 Å².